The van der Waals surface area contributed by atoms with Crippen LogP contribution in [0.4, 0.5) is 0 Å². The molecule has 6 unspecified atom stereocenters. The second-order valence-corrected chi connectivity index (χ2v) is 31.6. The largest absolute Gasteiger partial charge is 0.501 e. The van der Waals surface area contributed by atoms with Crippen LogP contribution < -0.4 is 0 Å². The van der Waals surface area contributed by atoms with Gasteiger partial charge in [0.15, 0.2) is 6.10 Å². The van der Waals surface area contributed by atoms with Gasteiger partial charge in [-0.15, -0.1) is 0 Å². The predicted molar refractivity (Wildman–Crippen MR) is 426 cm³/mol. The van der Waals surface area contributed by atoms with E-state index in [0.717, 1.165) is 33.4 Å². The molecular weight excluding hydrogens is 1540 g/mol. The van der Waals surface area contributed by atoms with E-state index in [1.165, 1.54) is 0 Å². The van der Waals surface area contributed by atoms with Crippen LogP contribution in [0.1, 0.15) is 143 Å². The lowest BCUT2D eigenvalue weighted by Gasteiger charge is -2.28. The van der Waals surface area contributed by atoms with Crippen molar-refractivity contribution < 1.29 is 132 Å². The van der Waals surface area contributed by atoms with Crippen molar-refractivity contribution >= 4 is 59.4 Å². The molecule has 6 atom stereocenters. The monoisotopic (exact) mass is 1650 g/mol. The topological polar surface area (TPSA) is 361 Å². The number of unbranched alkanes of at least 4 members (excludes halogenated alkanes) is 1. The van der Waals surface area contributed by atoms with Gasteiger partial charge < -0.3 is 98.0 Å². The summed E-state index contributed by atoms with van der Waals surface area (Å²) in [5.74, 6) is -2.93. The minimum absolute atomic E-state index is 0.0148. The van der Waals surface area contributed by atoms with Crippen molar-refractivity contribution in [3.05, 3.63) is 179 Å². The molecule has 4 aliphatic rings. The van der Waals surface area contributed by atoms with Gasteiger partial charge in [-0.2, -0.15) is 5.26 Å². The van der Waals surface area contributed by atoms with E-state index in [9.17, 15) is 38.7 Å². The highest BCUT2D eigenvalue weighted by Gasteiger charge is 2.41. The molecule has 4 heterocycles. The van der Waals surface area contributed by atoms with E-state index in [0.29, 0.717) is 164 Å². The molecule has 4 aliphatic heterocycles. The third-order valence-corrected chi connectivity index (χ3v) is 23.5. The van der Waals surface area contributed by atoms with E-state index in [1.54, 1.807) is 103 Å². The second kappa shape index (κ2) is 51.8. The molecule has 1 N–H and O–H groups in total. The standard InChI is InChI=1S/C33H46O11Si.C22H24O7.C20H18O6.C10H21NO4Si/c1-5-37-21-30(44-31(34)11-9-10-20-45(41-6-2,42-7-3)43-8-4)24-40-33(36)28-18-14-26(15-19-28)25-12-16-27(17-13-25)32(35)39-23-29-22-38-29;1-2-26-11-19(23)12-28-21(24)17-7-3-15(4-8-17)16-5-9-18(10-6-16)22(25)29-14-20-13-27-20;21-19(25-11-17-9-23-17)15-5-1-13(2-6-15)14-3-7-16(8-4-14)20(22)26-12-18-10-24-18;1-4-13-16(14-5-2,15-6-3)9-7-8-12-10-11/h12-19,29-30H,5-11,20-24H2,1-4H3;3-10,19-20,23H,2,11-14H2,1H3;1-8,17-18H,9-12H2;4-9H2,1-3H3. The van der Waals surface area contributed by atoms with Crippen molar-refractivity contribution in [3.63, 3.8) is 0 Å². The first-order valence-corrected chi connectivity index (χ1v) is 43.2. The predicted octanol–water partition coefficient (Wildman–Crippen LogP) is 12.1. The molecule has 6 aromatic carbocycles. The number of ether oxygens (including phenoxy) is 14. The average Bonchev–Trinajstić information content (AvgIpc) is 1.70. The van der Waals surface area contributed by atoms with Crippen LogP contribution >= 0.6 is 0 Å². The minimum atomic E-state index is -2.76. The van der Waals surface area contributed by atoms with E-state index in [2.05, 4.69) is 4.74 Å². The van der Waals surface area contributed by atoms with Gasteiger partial charge >= 0.3 is 59.4 Å². The molecule has 0 bridgehead atoms. The third kappa shape index (κ3) is 34.9. The Labute approximate surface area is 680 Å². The van der Waals surface area contributed by atoms with E-state index >= 15 is 0 Å². The summed E-state index contributed by atoms with van der Waals surface area (Å²) in [7, 11) is -5.29. The maximum Gasteiger partial charge on any atom is 0.501 e. The number of carbonyl (C=O) groups is 7. The molecule has 4 fully saturated rings. The van der Waals surface area contributed by atoms with Gasteiger partial charge in [-0.05, 0) is 181 Å². The quantitative estimate of drug-likeness (QED) is 0.00925. The number of epoxide rings is 4. The van der Waals surface area contributed by atoms with E-state index < -0.39 is 53.7 Å². The van der Waals surface area contributed by atoms with Crippen molar-refractivity contribution in [3.8, 4) is 39.6 Å². The van der Waals surface area contributed by atoms with Gasteiger partial charge in [-0.3, -0.25) is 4.79 Å². The highest BCUT2D eigenvalue weighted by molar-refractivity contribution is 6.61. The Kier molecular flexibility index (Phi) is 42.0. The highest BCUT2D eigenvalue weighted by Crippen LogP contribution is 2.27. The number of esters is 7. The Bertz CT molecular complexity index is 3840. The second-order valence-electron chi connectivity index (χ2n) is 26.2. The molecule has 0 radical (unpaired) electrons. The summed E-state index contributed by atoms with van der Waals surface area (Å²) in [4.78, 5) is 85.4. The molecule has 6 aromatic rings. The fourth-order valence-corrected chi connectivity index (χ4v) is 16.2. The van der Waals surface area contributed by atoms with Gasteiger partial charge in [0.25, 0.3) is 6.26 Å². The first-order chi connectivity index (χ1) is 56.3. The normalized spacial score (nSPS) is 15.9. The maximum absolute atomic E-state index is 12.8. The lowest BCUT2D eigenvalue weighted by molar-refractivity contribution is -0.155. The highest BCUT2D eigenvalue weighted by atomic mass is 28.4. The Morgan fingerprint density at radius 1 is 0.371 bits per heavy atom. The number of carbonyl (C=O) groups excluding carboxylic acids is 7. The number of aliphatic hydroxyl groups excluding tert-OH is 1. The van der Waals surface area contributed by atoms with Crippen molar-refractivity contribution in [2.75, 3.05) is 139 Å². The molecule has 10 rings (SSSR count). The Morgan fingerprint density at radius 2 is 0.638 bits per heavy atom. The summed E-state index contributed by atoms with van der Waals surface area (Å²) >= 11 is 0. The summed E-state index contributed by atoms with van der Waals surface area (Å²) in [5, 5.41) is 17.9. The summed E-state index contributed by atoms with van der Waals surface area (Å²) in [6, 6.07) is 43.5. The Hall–Kier alpha value is -9.19. The smallest absolute Gasteiger partial charge is 0.459 e. The number of rotatable bonds is 49. The molecule has 31 heteroatoms. The molecule has 0 aliphatic carbocycles. The average molecular weight is 1650 g/mol. The van der Waals surface area contributed by atoms with E-state index in [1.807, 2.05) is 104 Å². The first-order valence-electron chi connectivity index (χ1n) is 39.3. The van der Waals surface area contributed by atoms with Gasteiger partial charge in [-0.25, -0.2) is 28.8 Å². The zero-order valence-corrected chi connectivity index (χ0v) is 69.3. The van der Waals surface area contributed by atoms with Gasteiger partial charge in [-0.1, -0.05) is 72.8 Å². The zero-order valence-electron chi connectivity index (χ0n) is 67.3. The summed E-state index contributed by atoms with van der Waals surface area (Å²) in [6.07, 6.45) is 2.41. The summed E-state index contributed by atoms with van der Waals surface area (Å²) in [5.41, 5.74) is 8.09. The molecule has 630 valence electrons. The zero-order chi connectivity index (χ0) is 83.3. The van der Waals surface area contributed by atoms with E-state index in [-0.39, 0.29) is 88.4 Å². The van der Waals surface area contributed by atoms with Crippen LogP contribution in [-0.2, 0) is 97.7 Å². The van der Waals surface area contributed by atoms with Crippen molar-refractivity contribution in [2.45, 2.75) is 130 Å². The van der Waals surface area contributed by atoms with Gasteiger partial charge in [0, 0.05) is 71.4 Å². The molecule has 0 aromatic heterocycles. The number of hydrogen-bond donors (Lipinski definition) is 1. The van der Waals surface area contributed by atoms with Crippen LogP contribution in [0.15, 0.2) is 146 Å². The van der Waals surface area contributed by atoms with Crippen LogP contribution in [-0.4, -0.2) is 240 Å². The molecule has 4 saturated heterocycles. The van der Waals surface area contributed by atoms with Gasteiger partial charge in [0.05, 0.1) is 73.0 Å². The van der Waals surface area contributed by atoms with Crippen LogP contribution in [0.25, 0.3) is 33.4 Å². The Balaban J connectivity index is 0.000000227. The van der Waals surface area contributed by atoms with Crippen LogP contribution in [0.5, 0.6) is 0 Å². The number of hydrogen-bond acceptors (Lipinski definition) is 29. The Morgan fingerprint density at radius 3 is 0.905 bits per heavy atom. The number of nitriles is 1. The third-order valence-electron chi connectivity index (χ3n) is 17.2. The fourth-order valence-electron chi connectivity index (χ4n) is 10.9. The summed E-state index contributed by atoms with van der Waals surface area (Å²) < 4.78 is 107. The van der Waals surface area contributed by atoms with Gasteiger partial charge in [0.2, 0.25) is 0 Å². The number of nitrogens with zero attached hydrogens (tertiary/aromatic N) is 1. The fraction of sp³-hybridized carbons (Fsp3) is 0.482. The minimum Gasteiger partial charge on any atom is -0.459 e. The molecule has 29 nitrogen and oxygen atoms in total. The molecular formula is C85H109NO28Si2. The van der Waals surface area contributed by atoms with Crippen LogP contribution in [0.3, 0.4) is 0 Å². The molecule has 116 heavy (non-hydrogen) atoms. The lowest BCUT2D eigenvalue weighted by atomic mass is 10.0. The molecule has 0 amide bonds. The van der Waals surface area contributed by atoms with Gasteiger partial charge in [0.1, 0.15) is 76.8 Å². The lowest BCUT2D eigenvalue weighted by Crippen LogP contribution is -2.46. The van der Waals surface area contributed by atoms with Crippen molar-refractivity contribution in [1.82, 2.24) is 0 Å². The summed E-state index contributed by atoms with van der Waals surface area (Å²) in [6.45, 7) is 23.4. The number of aliphatic hydroxyl groups is 1. The first kappa shape index (κ1) is 94.0. The molecule has 0 spiro atoms. The van der Waals surface area contributed by atoms with Crippen molar-refractivity contribution in [2.24, 2.45) is 0 Å². The SMILES string of the molecule is CCOCC(COC(=O)c1ccc(-c2ccc(C(=O)OCC3CO3)cc2)cc1)OC(=O)CCCC[Si](OCC)(OCC)OCC.CCOCC(O)COC(=O)c1ccc(-c2ccc(C(=O)OCC3CO3)cc2)cc1.CCO[Si](CCCOC#N)(OCC)OCC.O=C(OCC1CO1)c1ccc(-c2ccc(C(=O)OCC3CO3)cc2)cc1. The van der Waals surface area contributed by atoms with E-state index in [4.69, 9.17) is 93.4 Å². The molecule has 0 saturated carbocycles. The maximum atomic E-state index is 12.8. The van der Waals surface area contributed by atoms with Crippen molar-refractivity contribution in [1.29, 1.82) is 5.26 Å². The van der Waals surface area contributed by atoms with Crippen LogP contribution in [0.2, 0.25) is 12.1 Å². The van der Waals surface area contributed by atoms with Crippen LogP contribution in [0, 0.1) is 11.5 Å². The number of benzene rings is 6.